The van der Waals surface area contributed by atoms with Crippen LogP contribution in [0, 0.1) is 3.57 Å². The van der Waals surface area contributed by atoms with E-state index in [-0.39, 0.29) is 30.9 Å². The van der Waals surface area contributed by atoms with Crippen molar-refractivity contribution >= 4 is 40.3 Å². The third-order valence-electron chi connectivity index (χ3n) is 4.20. The molecule has 0 saturated carbocycles. The molecule has 2 aromatic rings. The van der Waals surface area contributed by atoms with Gasteiger partial charge < -0.3 is 20.3 Å². The van der Waals surface area contributed by atoms with Crippen LogP contribution in [0.2, 0.25) is 0 Å². The van der Waals surface area contributed by atoms with Crippen LogP contribution in [-0.2, 0) is 16.1 Å². The monoisotopic (exact) mass is 493 g/mol. The summed E-state index contributed by atoms with van der Waals surface area (Å²) in [4.78, 5) is 37.3. The molecule has 0 radical (unpaired) electrons. The molecule has 1 fully saturated rings. The van der Waals surface area contributed by atoms with Gasteiger partial charge in [-0.15, -0.1) is 0 Å². The summed E-state index contributed by atoms with van der Waals surface area (Å²) in [6, 6.07) is 14.4. The first kappa shape index (κ1) is 20.1. The Morgan fingerprint density at radius 3 is 2.50 bits per heavy atom. The minimum atomic E-state index is -0.224. The second-order valence-electron chi connectivity index (χ2n) is 6.29. The van der Waals surface area contributed by atoms with Crippen molar-refractivity contribution in [3.05, 3.63) is 63.2 Å². The Labute approximate surface area is 176 Å². The van der Waals surface area contributed by atoms with E-state index in [1.54, 1.807) is 24.3 Å². The number of hydrogen-bond donors (Lipinski definition) is 2. The molecule has 2 N–H and O–H groups in total. The van der Waals surface area contributed by atoms with Crippen molar-refractivity contribution < 1.29 is 19.1 Å². The van der Waals surface area contributed by atoms with Crippen LogP contribution < -0.4 is 15.4 Å². The summed E-state index contributed by atoms with van der Waals surface area (Å²) in [5.74, 6) is 0.102. The van der Waals surface area contributed by atoms with Crippen LogP contribution in [0.1, 0.15) is 15.9 Å². The van der Waals surface area contributed by atoms with E-state index in [4.69, 9.17) is 4.74 Å². The van der Waals surface area contributed by atoms with Crippen LogP contribution in [0.5, 0.6) is 5.75 Å². The number of nitrogens with one attached hydrogen (secondary N) is 2. The molecule has 146 valence electrons. The Kier molecular flexibility index (Phi) is 6.85. The molecule has 8 heteroatoms. The highest BCUT2D eigenvalue weighted by Crippen LogP contribution is 2.13. The highest BCUT2D eigenvalue weighted by Gasteiger charge is 2.22. The minimum Gasteiger partial charge on any atom is -0.484 e. The molecule has 28 heavy (non-hydrogen) atoms. The predicted octanol–water partition coefficient (Wildman–Crippen LogP) is 1.56. The molecule has 3 rings (SSSR count). The summed E-state index contributed by atoms with van der Waals surface area (Å²) in [5, 5.41) is 5.48. The molecule has 1 saturated heterocycles. The first-order chi connectivity index (χ1) is 13.5. The van der Waals surface area contributed by atoms with Gasteiger partial charge in [-0.3, -0.25) is 14.4 Å². The number of ether oxygens (including phenoxy) is 1. The molecule has 3 amide bonds. The quantitative estimate of drug-likeness (QED) is 0.599. The van der Waals surface area contributed by atoms with Crippen molar-refractivity contribution in [2.75, 3.05) is 26.2 Å². The molecular formula is C20H20IN3O4. The number of rotatable bonds is 6. The second-order valence-corrected chi connectivity index (χ2v) is 7.54. The lowest BCUT2D eigenvalue weighted by Crippen LogP contribution is -2.49. The highest BCUT2D eigenvalue weighted by atomic mass is 127. The number of hydrogen-bond acceptors (Lipinski definition) is 4. The molecule has 0 unspecified atom stereocenters. The number of benzene rings is 2. The van der Waals surface area contributed by atoms with E-state index in [1.165, 1.54) is 4.90 Å². The summed E-state index contributed by atoms with van der Waals surface area (Å²) in [5.41, 5.74) is 1.39. The zero-order valence-electron chi connectivity index (χ0n) is 15.1. The van der Waals surface area contributed by atoms with E-state index in [2.05, 4.69) is 33.2 Å². The van der Waals surface area contributed by atoms with Gasteiger partial charge in [-0.25, -0.2) is 0 Å². The number of carbonyl (C=O) groups is 3. The Balaban J connectivity index is 1.46. The molecule has 1 heterocycles. The van der Waals surface area contributed by atoms with Gasteiger partial charge >= 0.3 is 0 Å². The van der Waals surface area contributed by atoms with Gasteiger partial charge in [0.05, 0.1) is 6.54 Å². The van der Waals surface area contributed by atoms with Gasteiger partial charge in [0.25, 0.3) is 11.8 Å². The topological polar surface area (TPSA) is 87.7 Å². The Hall–Kier alpha value is -2.62. The van der Waals surface area contributed by atoms with Crippen molar-refractivity contribution in [3.8, 4) is 5.75 Å². The van der Waals surface area contributed by atoms with Gasteiger partial charge in [-0.05, 0) is 64.6 Å². The highest BCUT2D eigenvalue weighted by molar-refractivity contribution is 14.1. The van der Waals surface area contributed by atoms with Crippen molar-refractivity contribution in [1.29, 1.82) is 0 Å². The number of piperazine rings is 1. The normalized spacial score (nSPS) is 13.6. The van der Waals surface area contributed by atoms with Gasteiger partial charge in [0.2, 0.25) is 5.91 Å². The number of halogens is 1. The van der Waals surface area contributed by atoms with Crippen LogP contribution >= 0.6 is 22.6 Å². The lowest BCUT2D eigenvalue weighted by atomic mass is 10.1. The molecule has 1 aliphatic heterocycles. The maximum absolute atomic E-state index is 12.4. The Morgan fingerprint density at radius 2 is 1.82 bits per heavy atom. The van der Waals surface area contributed by atoms with Crippen LogP contribution in [0.4, 0.5) is 0 Å². The van der Waals surface area contributed by atoms with Crippen LogP contribution in [0.15, 0.2) is 48.5 Å². The fraction of sp³-hybridized carbons (Fsp3) is 0.250. The van der Waals surface area contributed by atoms with E-state index < -0.39 is 0 Å². The summed E-state index contributed by atoms with van der Waals surface area (Å²) in [7, 11) is 0. The molecule has 7 nitrogen and oxygen atoms in total. The van der Waals surface area contributed by atoms with Crippen molar-refractivity contribution in [3.63, 3.8) is 0 Å². The summed E-state index contributed by atoms with van der Waals surface area (Å²) >= 11 is 2.20. The number of nitrogens with zero attached hydrogens (tertiary/aromatic N) is 1. The Bertz CT molecular complexity index is 853. The van der Waals surface area contributed by atoms with Gasteiger partial charge in [0.1, 0.15) is 5.75 Å². The Morgan fingerprint density at radius 1 is 1.11 bits per heavy atom. The smallest absolute Gasteiger partial charge is 0.258 e. The maximum Gasteiger partial charge on any atom is 0.258 e. The fourth-order valence-corrected chi connectivity index (χ4v) is 3.05. The number of carbonyl (C=O) groups excluding carboxylic acids is 3. The molecule has 1 aliphatic rings. The van der Waals surface area contributed by atoms with Crippen molar-refractivity contribution in [2.24, 2.45) is 0 Å². The summed E-state index contributed by atoms with van der Waals surface area (Å²) in [6.07, 6.45) is 0. The SMILES string of the molecule is O=C(COc1ccc(I)cc1)NCc1ccc(C(=O)N2CCNC(=O)C2)cc1. The minimum absolute atomic E-state index is 0.0613. The first-order valence-corrected chi connectivity index (χ1v) is 9.89. The van der Waals surface area contributed by atoms with Gasteiger partial charge in [-0.1, -0.05) is 12.1 Å². The zero-order chi connectivity index (χ0) is 19.9. The largest absolute Gasteiger partial charge is 0.484 e. The van der Waals surface area contributed by atoms with Gasteiger partial charge in [0.15, 0.2) is 6.61 Å². The summed E-state index contributed by atoms with van der Waals surface area (Å²) < 4.78 is 6.54. The van der Waals surface area contributed by atoms with E-state index in [1.807, 2.05) is 24.3 Å². The van der Waals surface area contributed by atoms with E-state index >= 15 is 0 Å². The van der Waals surface area contributed by atoms with E-state index in [9.17, 15) is 14.4 Å². The molecule has 2 aromatic carbocycles. The zero-order valence-corrected chi connectivity index (χ0v) is 17.3. The first-order valence-electron chi connectivity index (χ1n) is 8.81. The number of amides is 3. The molecule has 0 bridgehead atoms. The standard InChI is InChI=1S/C20H20IN3O4/c21-16-5-7-17(8-6-16)28-13-19(26)23-11-14-1-3-15(4-2-14)20(27)24-10-9-22-18(25)12-24/h1-8H,9-13H2,(H,22,25)(H,23,26). The lowest BCUT2D eigenvalue weighted by molar-refractivity contribution is -0.124. The maximum atomic E-state index is 12.4. The third kappa shape index (κ3) is 5.69. The molecular weight excluding hydrogens is 473 g/mol. The molecule has 0 aromatic heterocycles. The van der Waals surface area contributed by atoms with Gasteiger partial charge in [-0.2, -0.15) is 0 Å². The average Bonchev–Trinajstić information content (AvgIpc) is 2.71. The van der Waals surface area contributed by atoms with Crippen molar-refractivity contribution in [2.45, 2.75) is 6.54 Å². The van der Waals surface area contributed by atoms with Crippen molar-refractivity contribution in [1.82, 2.24) is 15.5 Å². The van der Waals surface area contributed by atoms with E-state index in [0.717, 1.165) is 9.13 Å². The average molecular weight is 493 g/mol. The third-order valence-corrected chi connectivity index (χ3v) is 4.92. The fourth-order valence-electron chi connectivity index (χ4n) is 2.69. The van der Waals surface area contributed by atoms with Gasteiger partial charge in [0, 0.05) is 28.8 Å². The second kappa shape index (κ2) is 9.54. The molecule has 0 aliphatic carbocycles. The van der Waals surface area contributed by atoms with Crippen LogP contribution in [-0.4, -0.2) is 48.9 Å². The molecule has 0 atom stereocenters. The van der Waals surface area contributed by atoms with E-state index in [0.29, 0.717) is 30.9 Å². The predicted molar refractivity (Wildman–Crippen MR) is 112 cm³/mol. The lowest BCUT2D eigenvalue weighted by Gasteiger charge is -2.26. The summed E-state index contributed by atoms with van der Waals surface area (Å²) in [6.45, 7) is 1.34. The van der Waals surface area contributed by atoms with Crippen LogP contribution in [0.3, 0.4) is 0 Å². The van der Waals surface area contributed by atoms with Crippen LogP contribution in [0.25, 0.3) is 0 Å². The molecule has 0 spiro atoms.